The number of nitrogens with one attached hydrogen (secondary N) is 1. The number of aromatic nitrogens is 3. The molecule has 3 fully saturated rings. The van der Waals surface area contributed by atoms with Crippen molar-refractivity contribution in [3.63, 3.8) is 0 Å². The quantitative estimate of drug-likeness (QED) is 0.613. The standard InChI is InChI=1S/C22H24F6N6O2/c1-36-17-4-14(21(23,24)25)3-2-13(17)7-29-15-8-32(9-15)19(35)33-10-20(11-33)5-16(6-20)34-12-30-18(31-34)22(26,27)28/h2-4,12,15-16,29H,5-11H2,1H3. The van der Waals surface area contributed by atoms with Crippen LogP contribution in [0.2, 0.25) is 0 Å². The number of benzene rings is 1. The number of carbonyl (C=O) groups excluding carboxylic acids is 1. The van der Waals surface area contributed by atoms with Crippen molar-refractivity contribution < 1.29 is 35.9 Å². The highest BCUT2D eigenvalue weighted by Gasteiger charge is 2.56. The highest BCUT2D eigenvalue weighted by atomic mass is 19.4. The van der Waals surface area contributed by atoms with Gasteiger partial charge in [-0.2, -0.15) is 26.3 Å². The summed E-state index contributed by atoms with van der Waals surface area (Å²) in [5, 5.41) is 6.77. The number of nitrogens with zero attached hydrogens (tertiary/aromatic N) is 5. The fourth-order valence-corrected chi connectivity index (χ4v) is 5.15. The monoisotopic (exact) mass is 518 g/mol. The number of alkyl halides is 6. The summed E-state index contributed by atoms with van der Waals surface area (Å²) in [7, 11) is 1.32. The smallest absolute Gasteiger partial charge is 0.453 e. The molecule has 0 atom stereocenters. The lowest BCUT2D eigenvalue weighted by Crippen LogP contribution is -2.69. The molecule has 2 aromatic rings. The van der Waals surface area contributed by atoms with Crippen molar-refractivity contribution in [2.24, 2.45) is 5.41 Å². The second-order valence-corrected chi connectivity index (χ2v) is 9.75. The third-order valence-corrected chi connectivity index (χ3v) is 7.14. The first-order valence-electron chi connectivity index (χ1n) is 11.4. The van der Waals surface area contributed by atoms with Crippen LogP contribution in [0.15, 0.2) is 24.5 Å². The summed E-state index contributed by atoms with van der Waals surface area (Å²) in [6, 6.07) is 3.14. The zero-order chi connectivity index (χ0) is 25.9. The summed E-state index contributed by atoms with van der Waals surface area (Å²) in [6.45, 7) is 2.38. The van der Waals surface area contributed by atoms with Gasteiger partial charge in [-0.05, 0) is 25.0 Å². The molecule has 0 unspecified atom stereocenters. The van der Waals surface area contributed by atoms with Gasteiger partial charge in [-0.1, -0.05) is 6.07 Å². The molecule has 2 aliphatic heterocycles. The van der Waals surface area contributed by atoms with E-state index in [-0.39, 0.29) is 29.3 Å². The topological polar surface area (TPSA) is 75.5 Å². The fourth-order valence-electron chi connectivity index (χ4n) is 5.15. The Hall–Kier alpha value is -3.03. The van der Waals surface area contributed by atoms with Crippen molar-refractivity contribution >= 4 is 6.03 Å². The third kappa shape index (κ3) is 4.58. The van der Waals surface area contributed by atoms with Gasteiger partial charge in [0.1, 0.15) is 12.1 Å². The molecule has 3 heterocycles. The molecule has 8 nitrogen and oxygen atoms in total. The number of carbonyl (C=O) groups is 1. The van der Waals surface area contributed by atoms with E-state index in [1.165, 1.54) is 17.9 Å². The maximum absolute atomic E-state index is 12.9. The maximum Gasteiger partial charge on any atom is 0.453 e. The van der Waals surface area contributed by atoms with Crippen LogP contribution < -0.4 is 10.1 Å². The van der Waals surface area contributed by atoms with E-state index < -0.39 is 23.7 Å². The predicted molar refractivity (Wildman–Crippen MR) is 113 cm³/mol. The lowest BCUT2D eigenvalue weighted by atomic mass is 9.61. The first-order valence-corrected chi connectivity index (χ1v) is 11.4. The molecule has 1 N–H and O–H groups in total. The van der Waals surface area contributed by atoms with Gasteiger partial charge in [0.15, 0.2) is 0 Å². The summed E-state index contributed by atoms with van der Waals surface area (Å²) in [4.78, 5) is 19.4. The Kier molecular flexibility index (Phi) is 5.84. The van der Waals surface area contributed by atoms with Crippen LogP contribution in [0.4, 0.5) is 31.1 Å². The number of hydrogen-bond acceptors (Lipinski definition) is 5. The van der Waals surface area contributed by atoms with E-state index in [2.05, 4.69) is 15.4 Å². The largest absolute Gasteiger partial charge is 0.496 e. The molecule has 1 aromatic heterocycles. The Balaban J connectivity index is 1.04. The number of amides is 2. The van der Waals surface area contributed by atoms with Gasteiger partial charge in [-0.15, -0.1) is 5.10 Å². The highest BCUT2D eigenvalue weighted by molar-refractivity contribution is 5.76. The number of rotatable bonds is 5. The summed E-state index contributed by atoms with van der Waals surface area (Å²) in [5.74, 6) is -0.999. The van der Waals surface area contributed by atoms with Crippen LogP contribution in [0.3, 0.4) is 0 Å². The molecule has 1 saturated carbocycles. The van der Waals surface area contributed by atoms with E-state index in [1.54, 1.807) is 9.80 Å². The van der Waals surface area contributed by atoms with Crippen molar-refractivity contribution in [1.82, 2.24) is 29.9 Å². The summed E-state index contributed by atoms with van der Waals surface area (Å²) < 4.78 is 83.1. The zero-order valence-electron chi connectivity index (χ0n) is 19.2. The summed E-state index contributed by atoms with van der Waals surface area (Å²) in [5.41, 5.74) is -0.262. The van der Waals surface area contributed by atoms with Crippen molar-refractivity contribution in [2.45, 2.75) is 43.8 Å². The lowest BCUT2D eigenvalue weighted by molar-refractivity contribution is -0.145. The van der Waals surface area contributed by atoms with Gasteiger partial charge < -0.3 is 19.9 Å². The van der Waals surface area contributed by atoms with E-state index in [0.717, 1.165) is 18.5 Å². The Morgan fingerprint density at radius 1 is 1.11 bits per heavy atom. The van der Waals surface area contributed by atoms with Crippen LogP contribution in [0.5, 0.6) is 5.75 Å². The minimum absolute atomic E-state index is 0.0133. The zero-order valence-corrected chi connectivity index (χ0v) is 19.2. The molecule has 5 rings (SSSR count). The fraction of sp³-hybridized carbons (Fsp3) is 0.591. The second kappa shape index (κ2) is 8.53. The normalized spacial score (nSPS) is 20.2. The molecule has 1 aliphatic carbocycles. The molecule has 3 aliphatic rings. The molecule has 14 heteroatoms. The van der Waals surface area contributed by atoms with E-state index >= 15 is 0 Å². The Morgan fingerprint density at radius 3 is 2.39 bits per heavy atom. The molecule has 1 aromatic carbocycles. The van der Waals surface area contributed by atoms with Crippen LogP contribution in [0.25, 0.3) is 0 Å². The van der Waals surface area contributed by atoms with Gasteiger partial charge in [0, 0.05) is 49.7 Å². The average Bonchev–Trinajstić information content (AvgIpc) is 3.20. The molecule has 1 spiro atoms. The molecule has 0 radical (unpaired) electrons. The van der Waals surface area contributed by atoms with Gasteiger partial charge in [0.2, 0.25) is 0 Å². The molecular weight excluding hydrogens is 494 g/mol. The Labute approximate surface area is 202 Å². The van der Waals surface area contributed by atoms with E-state index in [9.17, 15) is 31.1 Å². The summed E-state index contributed by atoms with van der Waals surface area (Å²) >= 11 is 0. The summed E-state index contributed by atoms with van der Waals surface area (Å²) in [6.07, 6.45) is -6.61. The number of ether oxygens (including phenoxy) is 1. The molecule has 0 bridgehead atoms. The van der Waals surface area contributed by atoms with Crippen molar-refractivity contribution in [3.8, 4) is 5.75 Å². The minimum atomic E-state index is -4.57. The highest BCUT2D eigenvalue weighted by Crippen LogP contribution is 2.54. The minimum Gasteiger partial charge on any atom is -0.496 e. The predicted octanol–water partition coefficient (Wildman–Crippen LogP) is 3.56. The van der Waals surface area contributed by atoms with E-state index in [4.69, 9.17) is 4.74 Å². The number of hydrogen-bond donors (Lipinski definition) is 1. The SMILES string of the molecule is COc1cc(C(F)(F)F)ccc1CNC1CN(C(=O)N2CC3(CC(n4cnc(C(F)(F)F)n4)C3)C2)C1. The van der Waals surface area contributed by atoms with Crippen LogP contribution >= 0.6 is 0 Å². The Morgan fingerprint density at radius 2 is 1.81 bits per heavy atom. The van der Waals surface area contributed by atoms with Crippen LogP contribution in [-0.4, -0.2) is 69.9 Å². The lowest BCUT2D eigenvalue weighted by Gasteiger charge is -2.60. The Bertz CT molecular complexity index is 1130. The number of halogens is 6. The maximum atomic E-state index is 12.9. The first kappa shape index (κ1) is 24.7. The van der Waals surface area contributed by atoms with Gasteiger partial charge in [0.25, 0.3) is 5.82 Å². The van der Waals surface area contributed by atoms with Crippen LogP contribution in [0, 0.1) is 5.41 Å². The number of urea groups is 1. The van der Waals surface area contributed by atoms with Crippen molar-refractivity contribution in [3.05, 3.63) is 41.5 Å². The molecule has 2 saturated heterocycles. The molecule has 196 valence electrons. The molecule has 2 amide bonds. The number of likely N-dealkylation sites (tertiary alicyclic amines) is 2. The molecule has 36 heavy (non-hydrogen) atoms. The van der Waals surface area contributed by atoms with E-state index in [1.807, 2.05) is 0 Å². The first-order chi connectivity index (χ1) is 16.9. The molecular formula is C22H24F6N6O2. The van der Waals surface area contributed by atoms with Gasteiger partial charge in [-0.25, -0.2) is 14.5 Å². The van der Waals surface area contributed by atoms with E-state index in [0.29, 0.717) is 51.1 Å². The van der Waals surface area contributed by atoms with Gasteiger partial charge >= 0.3 is 18.4 Å². The number of methoxy groups -OCH3 is 1. The third-order valence-electron chi connectivity index (χ3n) is 7.14. The van der Waals surface area contributed by atoms with Crippen LogP contribution in [0.1, 0.15) is 35.8 Å². The van der Waals surface area contributed by atoms with Gasteiger partial charge in [-0.3, -0.25) is 0 Å². The van der Waals surface area contributed by atoms with Crippen molar-refractivity contribution in [1.29, 1.82) is 0 Å². The van der Waals surface area contributed by atoms with Crippen molar-refractivity contribution in [2.75, 3.05) is 33.3 Å². The van der Waals surface area contributed by atoms with Gasteiger partial charge in [0.05, 0.1) is 18.7 Å². The van der Waals surface area contributed by atoms with Crippen LogP contribution in [-0.2, 0) is 18.9 Å². The second-order valence-electron chi connectivity index (χ2n) is 9.75. The average molecular weight is 518 g/mol.